The van der Waals surface area contributed by atoms with E-state index >= 15 is 0 Å². The summed E-state index contributed by atoms with van der Waals surface area (Å²) >= 11 is 6.02. The van der Waals surface area contributed by atoms with Crippen molar-refractivity contribution < 1.29 is 4.79 Å². The standard InChI is InChI=1S/C16H18ClN3O/c1-12-2-3-14(10-15(12)17)20-16(21)6-9-19-11-13-4-7-18-8-5-13/h2-5,7-8,10,19H,6,9,11H2,1H3,(H,20,21). The quantitative estimate of drug-likeness (QED) is 0.806. The van der Waals surface area contributed by atoms with Gasteiger partial charge in [-0.3, -0.25) is 9.78 Å². The Hall–Kier alpha value is -1.91. The maximum absolute atomic E-state index is 11.8. The third-order valence-electron chi connectivity index (χ3n) is 3.06. The molecule has 0 saturated carbocycles. The van der Waals surface area contributed by atoms with Gasteiger partial charge in [0.15, 0.2) is 0 Å². The van der Waals surface area contributed by atoms with Crippen LogP contribution in [0.4, 0.5) is 5.69 Å². The average molecular weight is 304 g/mol. The van der Waals surface area contributed by atoms with E-state index in [4.69, 9.17) is 11.6 Å². The number of benzene rings is 1. The molecule has 0 fully saturated rings. The van der Waals surface area contributed by atoms with Crippen molar-refractivity contribution in [2.45, 2.75) is 19.9 Å². The number of halogens is 1. The molecule has 2 rings (SSSR count). The smallest absolute Gasteiger partial charge is 0.225 e. The van der Waals surface area contributed by atoms with E-state index in [9.17, 15) is 4.79 Å². The van der Waals surface area contributed by atoms with Crippen molar-refractivity contribution in [2.24, 2.45) is 0 Å². The third-order valence-corrected chi connectivity index (χ3v) is 3.47. The minimum absolute atomic E-state index is 0.0304. The fraction of sp³-hybridized carbons (Fsp3) is 0.250. The van der Waals surface area contributed by atoms with E-state index in [2.05, 4.69) is 15.6 Å². The Balaban J connectivity index is 1.71. The van der Waals surface area contributed by atoms with Gasteiger partial charge in [-0.2, -0.15) is 0 Å². The van der Waals surface area contributed by atoms with Crippen LogP contribution in [0.25, 0.3) is 0 Å². The van der Waals surface area contributed by atoms with Crippen molar-refractivity contribution in [3.05, 3.63) is 58.9 Å². The van der Waals surface area contributed by atoms with Gasteiger partial charge in [-0.05, 0) is 42.3 Å². The highest BCUT2D eigenvalue weighted by Gasteiger charge is 2.03. The number of pyridine rings is 1. The van der Waals surface area contributed by atoms with E-state index in [0.29, 0.717) is 18.0 Å². The summed E-state index contributed by atoms with van der Waals surface area (Å²) in [5, 5.41) is 6.72. The van der Waals surface area contributed by atoms with Gasteiger partial charge in [-0.15, -0.1) is 0 Å². The van der Waals surface area contributed by atoms with Crippen LogP contribution in [0.2, 0.25) is 5.02 Å². The number of aromatic nitrogens is 1. The molecule has 0 aliphatic heterocycles. The molecule has 110 valence electrons. The maximum Gasteiger partial charge on any atom is 0.225 e. The molecule has 0 atom stereocenters. The molecule has 0 aliphatic rings. The highest BCUT2D eigenvalue weighted by molar-refractivity contribution is 6.31. The summed E-state index contributed by atoms with van der Waals surface area (Å²) in [6, 6.07) is 9.39. The lowest BCUT2D eigenvalue weighted by atomic mass is 10.2. The molecule has 0 spiro atoms. The highest BCUT2D eigenvalue weighted by Crippen LogP contribution is 2.19. The molecule has 4 nitrogen and oxygen atoms in total. The SMILES string of the molecule is Cc1ccc(NC(=O)CCNCc2ccncc2)cc1Cl. The van der Waals surface area contributed by atoms with Crippen LogP contribution in [-0.4, -0.2) is 17.4 Å². The molecule has 0 bridgehead atoms. The highest BCUT2D eigenvalue weighted by atomic mass is 35.5. The normalized spacial score (nSPS) is 10.4. The maximum atomic E-state index is 11.8. The second kappa shape index (κ2) is 7.76. The van der Waals surface area contributed by atoms with Crippen LogP contribution in [0.5, 0.6) is 0 Å². The topological polar surface area (TPSA) is 54.0 Å². The van der Waals surface area contributed by atoms with Crippen molar-refractivity contribution >= 4 is 23.2 Å². The lowest BCUT2D eigenvalue weighted by Crippen LogP contribution is -2.21. The number of amides is 1. The first-order chi connectivity index (χ1) is 10.1. The van der Waals surface area contributed by atoms with E-state index in [1.165, 1.54) is 0 Å². The first-order valence-electron chi connectivity index (χ1n) is 6.81. The Morgan fingerprint density at radius 3 is 2.71 bits per heavy atom. The second-order valence-electron chi connectivity index (χ2n) is 4.79. The lowest BCUT2D eigenvalue weighted by molar-refractivity contribution is -0.116. The van der Waals surface area contributed by atoms with Crippen LogP contribution in [0, 0.1) is 6.92 Å². The Bertz CT molecular complexity index is 602. The molecular formula is C16H18ClN3O. The Labute approximate surface area is 129 Å². The van der Waals surface area contributed by atoms with Gasteiger partial charge >= 0.3 is 0 Å². The molecule has 0 unspecified atom stereocenters. The minimum atomic E-state index is -0.0304. The van der Waals surface area contributed by atoms with E-state index in [1.807, 2.05) is 31.2 Å². The van der Waals surface area contributed by atoms with Crippen molar-refractivity contribution in [1.82, 2.24) is 10.3 Å². The first kappa shape index (κ1) is 15.5. The van der Waals surface area contributed by atoms with Crippen molar-refractivity contribution in [3.8, 4) is 0 Å². The van der Waals surface area contributed by atoms with Crippen LogP contribution in [-0.2, 0) is 11.3 Å². The predicted octanol–water partition coefficient (Wildman–Crippen LogP) is 3.16. The largest absolute Gasteiger partial charge is 0.326 e. The van der Waals surface area contributed by atoms with Crippen molar-refractivity contribution in [1.29, 1.82) is 0 Å². The number of hydrogen-bond donors (Lipinski definition) is 2. The third kappa shape index (κ3) is 5.17. The van der Waals surface area contributed by atoms with Gasteiger partial charge in [0.25, 0.3) is 0 Å². The number of carbonyl (C=O) groups excluding carboxylic acids is 1. The number of hydrogen-bond acceptors (Lipinski definition) is 3. The number of rotatable bonds is 6. The molecule has 21 heavy (non-hydrogen) atoms. The van der Waals surface area contributed by atoms with E-state index in [1.54, 1.807) is 18.5 Å². The summed E-state index contributed by atoms with van der Waals surface area (Å²) in [4.78, 5) is 15.8. The van der Waals surface area contributed by atoms with Crippen LogP contribution < -0.4 is 10.6 Å². The second-order valence-corrected chi connectivity index (χ2v) is 5.20. The lowest BCUT2D eigenvalue weighted by Gasteiger charge is -2.08. The van der Waals surface area contributed by atoms with Gasteiger partial charge in [0.05, 0.1) is 0 Å². The zero-order chi connectivity index (χ0) is 15.1. The molecule has 1 aromatic heterocycles. The average Bonchev–Trinajstić information content (AvgIpc) is 2.49. The Kier molecular flexibility index (Phi) is 5.72. The van der Waals surface area contributed by atoms with Crippen LogP contribution >= 0.6 is 11.6 Å². The van der Waals surface area contributed by atoms with Gasteiger partial charge in [-0.25, -0.2) is 0 Å². The molecule has 0 aliphatic carbocycles. The van der Waals surface area contributed by atoms with E-state index in [0.717, 1.165) is 23.4 Å². The summed E-state index contributed by atoms with van der Waals surface area (Å²) in [6.45, 7) is 3.27. The fourth-order valence-electron chi connectivity index (χ4n) is 1.83. The first-order valence-corrected chi connectivity index (χ1v) is 7.18. The number of anilines is 1. The summed E-state index contributed by atoms with van der Waals surface area (Å²) in [5.74, 6) is -0.0304. The predicted molar refractivity (Wildman–Crippen MR) is 85.4 cm³/mol. The monoisotopic (exact) mass is 303 g/mol. The Morgan fingerprint density at radius 1 is 1.24 bits per heavy atom. The molecular weight excluding hydrogens is 286 g/mol. The molecule has 0 radical (unpaired) electrons. The Morgan fingerprint density at radius 2 is 2.00 bits per heavy atom. The molecule has 1 heterocycles. The van der Waals surface area contributed by atoms with Gasteiger partial charge < -0.3 is 10.6 Å². The molecule has 0 saturated heterocycles. The van der Waals surface area contributed by atoms with Gasteiger partial charge in [0.1, 0.15) is 0 Å². The van der Waals surface area contributed by atoms with Crippen molar-refractivity contribution in [3.63, 3.8) is 0 Å². The van der Waals surface area contributed by atoms with E-state index < -0.39 is 0 Å². The zero-order valence-electron chi connectivity index (χ0n) is 11.9. The van der Waals surface area contributed by atoms with Crippen molar-refractivity contribution in [2.75, 3.05) is 11.9 Å². The molecule has 2 aromatic rings. The molecule has 1 aromatic carbocycles. The van der Waals surface area contributed by atoms with Gasteiger partial charge in [0.2, 0.25) is 5.91 Å². The van der Waals surface area contributed by atoms with Crippen LogP contribution in [0.15, 0.2) is 42.7 Å². The zero-order valence-corrected chi connectivity index (χ0v) is 12.7. The molecule has 1 amide bonds. The summed E-state index contributed by atoms with van der Waals surface area (Å²) in [6.07, 6.45) is 3.92. The van der Waals surface area contributed by atoms with Gasteiger partial charge in [0, 0.05) is 42.6 Å². The number of nitrogens with zero attached hydrogens (tertiary/aromatic N) is 1. The minimum Gasteiger partial charge on any atom is -0.326 e. The number of nitrogens with one attached hydrogen (secondary N) is 2. The van der Waals surface area contributed by atoms with E-state index in [-0.39, 0.29) is 5.91 Å². The summed E-state index contributed by atoms with van der Waals surface area (Å²) in [7, 11) is 0. The summed E-state index contributed by atoms with van der Waals surface area (Å²) in [5.41, 5.74) is 2.87. The number of aryl methyl sites for hydroxylation is 1. The van der Waals surface area contributed by atoms with Crippen LogP contribution in [0.3, 0.4) is 0 Å². The number of carbonyl (C=O) groups is 1. The summed E-state index contributed by atoms with van der Waals surface area (Å²) < 4.78 is 0. The van der Waals surface area contributed by atoms with Crippen LogP contribution in [0.1, 0.15) is 17.5 Å². The molecule has 2 N–H and O–H groups in total. The molecule has 5 heteroatoms. The van der Waals surface area contributed by atoms with Gasteiger partial charge in [-0.1, -0.05) is 17.7 Å². The fourth-order valence-corrected chi connectivity index (χ4v) is 2.01.